The molecule has 1 heterocycles. The molecule has 1 aromatic carbocycles. The van der Waals surface area contributed by atoms with Crippen LogP contribution in [0.2, 0.25) is 0 Å². The minimum atomic E-state index is -1.05. The summed E-state index contributed by atoms with van der Waals surface area (Å²) in [4.78, 5) is 23.2. The molecule has 0 saturated carbocycles. The van der Waals surface area contributed by atoms with E-state index in [9.17, 15) is 18.4 Å². The van der Waals surface area contributed by atoms with E-state index >= 15 is 0 Å². The highest BCUT2D eigenvalue weighted by Gasteiger charge is 2.09. The van der Waals surface area contributed by atoms with Crippen molar-refractivity contribution in [2.24, 2.45) is 7.05 Å². The summed E-state index contributed by atoms with van der Waals surface area (Å²) in [7, 11) is 1.55. The molecule has 0 atom stereocenters. The summed E-state index contributed by atoms with van der Waals surface area (Å²) in [5.41, 5.74) is -0.0738. The zero-order valence-corrected chi connectivity index (χ0v) is 9.98. The molecule has 0 aliphatic heterocycles. The average Bonchev–Trinajstić information content (AvgIpc) is 2.37. The van der Waals surface area contributed by atoms with Gasteiger partial charge < -0.3 is 9.88 Å². The number of hydrogen-bond donors (Lipinski definition) is 1. The van der Waals surface area contributed by atoms with Crippen LogP contribution >= 0.6 is 0 Å². The van der Waals surface area contributed by atoms with E-state index in [2.05, 4.69) is 5.32 Å². The Labute approximate surface area is 107 Å². The Balaban J connectivity index is 2.23. The highest BCUT2D eigenvalue weighted by atomic mass is 19.2. The minimum Gasteiger partial charge on any atom is -0.322 e. The van der Waals surface area contributed by atoms with E-state index in [1.165, 1.54) is 22.9 Å². The maximum atomic E-state index is 13.0. The Bertz CT molecular complexity index is 695. The Morgan fingerprint density at radius 2 is 1.89 bits per heavy atom. The second-order valence-corrected chi connectivity index (χ2v) is 3.95. The van der Waals surface area contributed by atoms with Gasteiger partial charge in [-0.2, -0.15) is 0 Å². The summed E-state index contributed by atoms with van der Waals surface area (Å²) in [5, 5.41) is 2.38. The van der Waals surface area contributed by atoms with Crippen LogP contribution in [0.4, 0.5) is 14.5 Å². The van der Waals surface area contributed by atoms with Gasteiger partial charge in [-0.3, -0.25) is 9.59 Å². The number of aromatic nitrogens is 1. The summed E-state index contributed by atoms with van der Waals surface area (Å²) in [6, 6.07) is 5.63. The van der Waals surface area contributed by atoms with Gasteiger partial charge in [-0.05, 0) is 18.2 Å². The van der Waals surface area contributed by atoms with Crippen LogP contribution in [0, 0.1) is 11.6 Å². The molecule has 0 radical (unpaired) electrons. The van der Waals surface area contributed by atoms with E-state index in [0.717, 1.165) is 18.2 Å². The predicted octanol–water partition coefficient (Wildman–Crippen LogP) is 1.92. The van der Waals surface area contributed by atoms with Crippen LogP contribution in [-0.4, -0.2) is 10.5 Å². The quantitative estimate of drug-likeness (QED) is 0.900. The normalized spacial score (nSPS) is 10.3. The van der Waals surface area contributed by atoms with Gasteiger partial charge in [0.2, 0.25) is 0 Å². The van der Waals surface area contributed by atoms with Gasteiger partial charge in [0.1, 0.15) is 0 Å². The van der Waals surface area contributed by atoms with Crippen LogP contribution < -0.4 is 10.9 Å². The first-order valence-corrected chi connectivity index (χ1v) is 5.40. The van der Waals surface area contributed by atoms with Crippen molar-refractivity contribution >= 4 is 11.6 Å². The largest absolute Gasteiger partial charge is 0.322 e. The third-order valence-corrected chi connectivity index (χ3v) is 2.54. The molecule has 0 aliphatic carbocycles. The monoisotopic (exact) mass is 264 g/mol. The van der Waals surface area contributed by atoms with Crippen molar-refractivity contribution in [3.63, 3.8) is 0 Å². The molecule has 0 fully saturated rings. The second-order valence-electron chi connectivity index (χ2n) is 3.95. The number of nitrogens with one attached hydrogen (secondary N) is 1. The van der Waals surface area contributed by atoms with Crippen molar-refractivity contribution in [3.05, 3.63) is 64.1 Å². The van der Waals surface area contributed by atoms with Gasteiger partial charge in [0.15, 0.2) is 11.6 Å². The molecule has 0 saturated heterocycles. The van der Waals surface area contributed by atoms with Gasteiger partial charge in [-0.25, -0.2) is 8.78 Å². The number of hydrogen-bond acceptors (Lipinski definition) is 2. The molecule has 0 aliphatic rings. The smallest absolute Gasteiger partial charge is 0.255 e. The van der Waals surface area contributed by atoms with Gasteiger partial charge in [-0.15, -0.1) is 0 Å². The minimum absolute atomic E-state index is 0.115. The lowest BCUT2D eigenvalue weighted by atomic mass is 10.2. The predicted molar refractivity (Wildman–Crippen MR) is 66.0 cm³/mol. The summed E-state index contributed by atoms with van der Waals surface area (Å²) >= 11 is 0. The number of carbonyl (C=O) groups excluding carboxylic acids is 1. The van der Waals surface area contributed by atoms with Gasteiger partial charge in [-0.1, -0.05) is 0 Å². The Morgan fingerprint density at radius 3 is 2.53 bits per heavy atom. The van der Waals surface area contributed by atoms with E-state index < -0.39 is 17.5 Å². The van der Waals surface area contributed by atoms with Crippen molar-refractivity contribution in [2.75, 3.05) is 5.32 Å². The molecule has 19 heavy (non-hydrogen) atoms. The molecule has 1 N–H and O–H groups in total. The van der Waals surface area contributed by atoms with Crippen LogP contribution in [0.5, 0.6) is 0 Å². The van der Waals surface area contributed by atoms with E-state index in [0.29, 0.717) is 0 Å². The standard InChI is InChI=1S/C13H10F2N2O2/c1-17-5-4-8(6-12(17)18)13(19)16-9-2-3-10(14)11(15)7-9/h2-7H,1H3,(H,16,19). The third-order valence-electron chi connectivity index (χ3n) is 2.54. The van der Waals surface area contributed by atoms with Gasteiger partial charge in [0.25, 0.3) is 11.5 Å². The molecule has 2 aromatic rings. The Kier molecular flexibility index (Phi) is 3.41. The van der Waals surface area contributed by atoms with Crippen LogP contribution in [0.25, 0.3) is 0 Å². The molecule has 6 heteroatoms. The van der Waals surface area contributed by atoms with E-state index in [1.807, 2.05) is 0 Å². The van der Waals surface area contributed by atoms with Crippen LogP contribution in [0.1, 0.15) is 10.4 Å². The van der Waals surface area contributed by atoms with E-state index in [-0.39, 0.29) is 16.8 Å². The summed E-state index contributed by atoms with van der Waals surface area (Å²) in [5.74, 6) is -2.61. The molecular weight excluding hydrogens is 254 g/mol. The van der Waals surface area contributed by atoms with Crippen LogP contribution in [0.3, 0.4) is 0 Å². The molecule has 1 amide bonds. The number of pyridine rings is 1. The first kappa shape index (κ1) is 12.9. The first-order chi connectivity index (χ1) is 8.97. The van der Waals surface area contributed by atoms with Crippen LogP contribution in [0.15, 0.2) is 41.3 Å². The van der Waals surface area contributed by atoms with E-state index in [4.69, 9.17) is 0 Å². The average molecular weight is 264 g/mol. The fraction of sp³-hybridized carbons (Fsp3) is 0.0769. The van der Waals surface area contributed by atoms with E-state index in [1.54, 1.807) is 7.05 Å². The maximum absolute atomic E-state index is 13.0. The molecule has 0 spiro atoms. The fourth-order valence-corrected chi connectivity index (χ4v) is 1.47. The van der Waals surface area contributed by atoms with Crippen molar-refractivity contribution in [3.8, 4) is 0 Å². The maximum Gasteiger partial charge on any atom is 0.255 e. The molecule has 0 unspecified atom stereocenters. The fourth-order valence-electron chi connectivity index (χ4n) is 1.47. The first-order valence-electron chi connectivity index (χ1n) is 5.40. The zero-order chi connectivity index (χ0) is 14.0. The van der Waals surface area contributed by atoms with Crippen molar-refractivity contribution in [1.82, 2.24) is 4.57 Å². The number of rotatable bonds is 2. The number of anilines is 1. The molecule has 98 valence electrons. The topological polar surface area (TPSA) is 51.1 Å². The molecule has 4 nitrogen and oxygen atoms in total. The number of carbonyl (C=O) groups is 1. The van der Waals surface area contributed by atoms with Crippen molar-refractivity contribution in [1.29, 1.82) is 0 Å². The number of halogens is 2. The highest BCUT2D eigenvalue weighted by molar-refractivity contribution is 6.04. The van der Waals surface area contributed by atoms with Gasteiger partial charge >= 0.3 is 0 Å². The van der Waals surface area contributed by atoms with Crippen LogP contribution in [-0.2, 0) is 7.05 Å². The highest BCUT2D eigenvalue weighted by Crippen LogP contribution is 2.13. The summed E-state index contributed by atoms with van der Waals surface area (Å²) < 4.78 is 27.0. The molecule has 0 bridgehead atoms. The third kappa shape index (κ3) is 2.85. The molecule has 2 rings (SSSR count). The lowest BCUT2D eigenvalue weighted by Crippen LogP contribution is -2.20. The lowest BCUT2D eigenvalue weighted by Gasteiger charge is -2.06. The lowest BCUT2D eigenvalue weighted by molar-refractivity contribution is 0.102. The SMILES string of the molecule is Cn1ccc(C(=O)Nc2ccc(F)c(F)c2)cc1=O. The van der Waals surface area contributed by atoms with Crippen molar-refractivity contribution < 1.29 is 13.6 Å². The van der Waals surface area contributed by atoms with Crippen molar-refractivity contribution in [2.45, 2.75) is 0 Å². The van der Waals surface area contributed by atoms with Gasteiger partial charge in [0.05, 0.1) is 0 Å². The summed E-state index contributed by atoms with van der Waals surface area (Å²) in [6.45, 7) is 0. The second kappa shape index (κ2) is 5.01. The van der Waals surface area contributed by atoms with Gasteiger partial charge in [0, 0.05) is 36.6 Å². The molecule has 1 aromatic heterocycles. The Hall–Kier alpha value is -2.50. The number of benzene rings is 1. The number of nitrogens with zero attached hydrogens (tertiary/aromatic N) is 1. The number of amides is 1. The Morgan fingerprint density at radius 1 is 1.16 bits per heavy atom. The zero-order valence-electron chi connectivity index (χ0n) is 9.98. The molecular formula is C13H10F2N2O2. The number of aryl methyl sites for hydroxylation is 1. The summed E-state index contributed by atoms with van der Waals surface area (Å²) in [6.07, 6.45) is 1.45.